The van der Waals surface area contributed by atoms with E-state index >= 15 is 0 Å². The molecule has 7 nitrogen and oxygen atoms in total. The number of nitrogens with one attached hydrogen (secondary N) is 1. The van der Waals surface area contributed by atoms with Crippen LogP contribution in [0.3, 0.4) is 0 Å². The number of amidine groups is 1. The zero-order valence-electron chi connectivity index (χ0n) is 16.7. The lowest BCUT2D eigenvalue weighted by Crippen LogP contribution is -2.48. The van der Waals surface area contributed by atoms with E-state index in [0.717, 1.165) is 30.3 Å². The van der Waals surface area contributed by atoms with Crippen molar-refractivity contribution in [2.75, 3.05) is 12.0 Å². The molecule has 1 aromatic heterocycles. The zero-order valence-corrected chi connectivity index (χ0v) is 16.7. The normalized spacial score (nSPS) is 20.8. The molecule has 15 heteroatoms. The fourth-order valence-electron chi connectivity index (χ4n) is 3.15. The molecule has 34 heavy (non-hydrogen) atoms. The van der Waals surface area contributed by atoms with Crippen LogP contribution in [0.25, 0.3) is 0 Å². The minimum absolute atomic E-state index is 0.185. The third kappa shape index (κ3) is 5.63. The van der Waals surface area contributed by atoms with Gasteiger partial charge in [0.25, 0.3) is 11.9 Å². The molecule has 2 heterocycles. The summed E-state index contributed by atoms with van der Waals surface area (Å²) in [6.07, 6.45) is -13.0. The summed E-state index contributed by atoms with van der Waals surface area (Å²) in [5.41, 5.74) is 1.72. The maximum atomic E-state index is 14.5. The van der Waals surface area contributed by atoms with Crippen molar-refractivity contribution in [3.05, 3.63) is 53.6 Å². The Hall–Kier alpha value is -3.65. The van der Waals surface area contributed by atoms with Gasteiger partial charge in [0, 0.05) is 17.7 Å². The van der Waals surface area contributed by atoms with Crippen LogP contribution in [-0.4, -0.2) is 42.2 Å². The lowest BCUT2D eigenvalue weighted by Gasteiger charge is -2.36. The quantitative estimate of drug-likeness (QED) is 0.603. The van der Waals surface area contributed by atoms with Crippen LogP contribution in [-0.2, 0) is 10.3 Å². The first kappa shape index (κ1) is 25.0. The Labute approximate surface area is 185 Å². The Morgan fingerprint density at radius 1 is 1.21 bits per heavy atom. The van der Waals surface area contributed by atoms with Crippen molar-refractivity contribution in [1.82, 2.24) is 4.98 Å². The zero-order chi connectivity index (χ0) is 25.3. The molecule has 0 fully saturated rings. The topological polar surface area (TPSA) is 98.8 Å². The van der Waals surface area contributed by atoms with Crippen LogP contribution in [0.4, 0.5) is 40.8 Å². The standard InChI is InChI=1S/C19H14F8N4O3/c20-8-17(6-14(18(22,23)24)33-16(28)31-17)11-5-9(1-3-12(11)21)30-15(32)13-4-2-10(7-29-13)34-19(25,26)27/h1-5,7,14H,6,8H2,(H2,28,31)(H,30,32)/t14-,17+/m0/s1. The van der Waals surface area contributed by atoms with Crippen molar-refractivity contribution in [1.29, 1.82) is 0 Å². The molecule has 2 aromatic rings. The maximum Gasteiger partial charge on any atom is 0.573 e. The van der Waals surface area contributed by atoms with E-state index in [2.05, 4.69) is 24.8 Å². The Bertz CT molecular complexity index is 1090. The Balaban J connectivity index is 1.87. The number of hydrogen-bond acceptors (Lipinski definition) is 6. The number of rotatable bonds is 5. The molecule has 1 aliphatic heterocycles. The molecule has 184 valence electrons. The predicted octanol–water partition coefficient (Wildman–Crippen LogP) is 4.20. The molecule has 0 radical (unpaired) electrons. The number of aliphatic imine (C=N–C) groups is 1. The van der Waals surface area contributed by atoms with E-state index in [-0.39, 0.29) is 11.4 Å². The molecule has 1 amide bonds. The number of hydrogen-bond donors (Lipinski definition) is 2. The van der Waals surface area contributed by atoms with Crippen molar-refractivity contribution in [3.8, 4) is 5.75 Å². The van der Waals surface area contributed by atoms with Gasteiger partial charge in [-0.1, -0.05) is 0 Å². The number of halogens is 8. The third-order valence-corrected chi connectivity index (χ3v) is 4.62. The number of carbonyl (C=O) groups is 1. The van der Waals surface area contributed by atoms with E-state index < -0.39 is 66.3 Å². The highest BCUT2D eigenvalue weighted by molar-refractivity contribution is 6.02. The lowest BCUT2D eigenvalue weighted by atomic mass is 9.84. The number of carbonyl (C=O) groups excluding carboxylic acids is 1. The first-order valence-corrected chi connectivity index (χ1v) is 9.20. The van der Waals surface area contributed by atoms with Crippen molar-refractivity contribution in [3.63, 3.8) is 0 Å². The average molecular weight is 498 g/mol. The third-order valence-electron chi connectivity index (χ3n) is 4.62. The van der Waals surface area contributed by atoms with Gasteiger partial charge in [0.05, 0.1) is 6.20 Å². The number of benzene rings is 1. The van der Waals surface area contributed by atoms with E-state index in [1.807, 2.05) is 0 Å². The van der Waals surface area contributed by atoms with Gasteiger partial charge >= 0.3 is 12.5 Å². The van der Waals surface area contributed by atoms with Crippen LogP contribution >= 0.6 is 0 Å². The van der Waals surface area contributed by atoms with E-state index in [1.54, 1.807) is 0 Å². The van der Waals surface area contributed by atoms with Crippen molar-refractivity contribution < 1.29 is 49.4 Å². The largest absolute Gasteiger partial charge is 0.573 e. The van der Waals surface area contributed by atoms with Gasteiger partial charge in [-0.25, -0.2) is 18.8 Å². The van der Waals surface area contributed by atoms with E-state index in [4.69, 9.17) is 5.73 Å². The summed E-state index contributed by atoms with van der Waals surface area (Å²) in [5, 5.41) is 2.24. The molecule has 0 saturated heterocycles. The molecule has 0 aliphatic carbocycles. The summed E-state index contributed by atoms with van der Waals surface area (Å²) in [7, 11) is 0. The fourth-order valence-corrected chi connectivity index (χ4v) is 3.15. The maximum absolute atomic E-state index is 14.5. The van der Waals surface area contributed by atoms with E-state index in [9.17, 15) is 39.9 Å². The number of ether oxygens (including phenoxy) is 2. The number of alkyl halides is 7. The van der Waals surface area contributed by atoms with Crippen LogP contribution < -0.4 is 15.8 Å². The molecule has 2 atom stereocenters. The highest BCUT2D eigenvalue weighted by atomic mass is 19.4. The van der Waals surface area contributed by atoms with Crippen LogP contribution in [0.1, 0.15) is 22.5 Å². The summed E-state index contributed by atoms with van der Waals surface area (Å²) >= 11 is 0. The van der Waals surface area contributed by atoms with Gasteiger partial charge in [0.1, 0.15) is 29.5 Å². The fraction of sp³-hybridized carbons (Fsp3) is 0.316. The van der Waals surface area contributed by atoms with Gasteiger partial charge in [-0.05, 0) is 30.3 Å². The molecule has 3 N–H and O–H groups in total. The van der Waals surface area contributed by atoms with Crippen molar-refractivity contribution in [2.45, 2.75) is 30.6 Å². The summed E-state index contributed by atoms with van der Waals surface area (Å²) < 4.78 is 113. The summed E-state index contributed by atoms with van der Waals surface area (Å²) in [6.45, 7) is -1.57. The van der Waals surface area contributed by atoms with E-state index in [0.29, 0.717) is 6.20 Å². The number of anilines is 1. The number of nitrogens with zero attached hydrogens (tertiary/aromatic N) is 2. The van der Waals surface area contributed by atoms with Crippen molar-refractivity contribution >= 4 is 17.6 Å². The van der Waals surface area contributed by atoms with Crippen LogP contribution in [0, 0.1) is 5.82 Å². The monoisotopic (exact) mass is 498 g/mol. The number of amides is 1. The van der Waals surface area contributed by atoms with Crippen molar-refractivity contribution in [2.24, 2.45) is 10.7 Å². The Morgan fingerprint density at radius 2 is 1.91 bits per heavy atom. The second-order valence-corrected chi connectivity index (χ2v) is 7.04. The van der Waals surface area contributed by atoms with Gasteiger partial charge in [-0.15, -0.1) is 13.2 Å². The Morgan fingerprint density at radius 3 is 2.47 bits per heavy atom. The smallest absolute Gasteiger partial charge is 0.452 e. The van der Waals surface area contributed by atoms with Gasteiger partial charge in [0.2, 0.25) is 0 Å². The summed E-state index contributed by atoms with van der Waals surface area (Å²) in [6, 6.07) is 3.38. The average Bonchev–Trinajstić information content (AvgIpc) is 2.73. The lowest BCUT2D eigenvalue weighted by molar-refractivity contribution is -0.274. The molecule has 0 bridgehead atoms. The van der Waals surface area contributed by atoms with Crippen LogP contribution in [0.5, 0.6) is 5.75 Å². The minimum Gasteiger partial charge on any atom is -0.452 e. The van der Waals surface area contributed by atoms with Crippen LogP contribution in [0.15, 0.2) is 41.5 Å². The number of pyridine rings is 1. The molecule has 1 aliphatic rings. The number of nitrogens with two attached hydrogens (primary N) is 1. The highest BCUT2D eigenvalue weighted by Crippen LogP contribution is 2.42. The van der Waals surface area contributed by atoms with E-state index in [1.165, 1.54) is 0 Å². The SMILES string of the molecule is NC1=N[C@](CF)(c2cc(NC(=O)c3ccc(OC(F)(F)F)cn3)ccc2F)C[C@@H](C(F)(F)F)O1. The second kappa shape index (κ2) is 8.95. The molecule has 3 rings (SSSR count). The van der Waals surface area contributed by atoms with Gasteiger partial charge in [-0.2, -0.15) is 13.2 Å². The molecule has 1 aromatic carbocycles. The number of aromatic nitrogens is 1. The predicted molar refractivity (Wildman–Crippen MR) is 100 cm³/mol. The Kier molecular flexibility index (Phi) is 6.57. The first-order valence-electron chi connectivity index (χ1n) is 9.20. The highest BCUT2D eigenvalue weighted by Gasteiger charge is 2.52. The summed E-state index contributed by atoms with van der Waals surface area (Å²) in [5.74, 6) is -2.78. The van der Waals surface area contributed by atoms with Gasteiger partial charge in [0.15, 0.2) is 6.10 Å². The first-order chi connectivity index (χ1) is 15.7. The van der Waals surface area contributed by atoms with Gasteiger partial charge < -0.3 is 20.5 Å². The molecular formula is C19H14F8N4O3. The molecule has 0 spiro atoms. The molecular weight excluding hydrogens is 484 g/mol. The van der Waals surface area contributed by atoms with Gasteiger partial charge in [-0.3, -0.25) is 4.79 Å². The summed E-state index contributed by atoms with van der Waals surface area (Å²) in [4.78, 5) is 19.4. The molecule has 0 unspecified atom stereocenters. The van der Waals surface area contributed by atoms with Crippen LogP contribution in [0.2, 0.25) is 0 Å². The second-order valence-electron chi connectivity index (χ2n) is 7.04. The minimum atomic E-state index is -4.97. The molecule has 0 saturated carbocycles.